The molecule has 0 spiro atoms. The molecule has 6 heteroatoms. The monoisotopic (exact) mass is 451 g/mol. The first kappa shape index (κ1) is 22.6. The van der Waals surface area contributed by atoms with Crippen LogP contribution in [0.3, 0.4) is 0 Å². The number of halogens is 1. The number of rotatable bonds is 11. The zero-order valence-electron chi connectivity index (χ0n) is 18.5. The van der Waals surface area contributed by atoms with Gasteiger partial charge in [0.25, 0.3) is 0 Å². The molecule has 32 heavy (non-hydrogen) atoms. The molecule has 1 heterocycles. The molecule has 1 aliphatic rings. The van der Waals surface area contributed by atoms with Crippen LogP contribution in [0.2, 0.25) is 5.02 Å². The normalized spacial score (nSPS) is 14.5. The maximum absolute atomic E-state index is 10.6. The number of aliphatic hydroxyl groups is 1. The molecule has 0 saturated heterocycles. The van der Waals surface area contributed by atoms with Crippen LogP contribution in [0.4, 0.5) is 0 Å². The number of hydrogen-bond donors (Lipinski definition) is 1. The molecular weight excluding hydrogens is 422 g/mol. The van der Waals surface area contributed by atoms with Gasteiger partial charge in [0.1, 0.15) is 11.4 Å². The second-order valence-electron chi connectivity index (χ2n) is 8.36. The summed E-state index contributed by atoms with van der Waals surface area (Å²) in [6.45, 7) is 5.06. The predicted molar refractivity (Wildman–Crippen MR) is 129 cm³/mol. The van der Waals surface area contributed by atoms with Gasteiger partial charge in [-0.3, -0.25) is 4.90 Å². The number of benzene rings is 2. The molecule has 168 valence electrons. The van der Waals surface area contributed by atoms with Gasteiger partial charge in [-0.1, -0.05) is 48.0 Å². The zero-order valence-corrected chi connectivity index (χ0v) is 19.2. The summed E-state index contributed by atoms with van der Waals surface area (Å²) in [5, 5.41) is 16.1. The van der Waals surface area contributed by atoms with Crippen molar-refractivity contribution in [2.75, 3.05) is 6.54 Å². The zero-order chi connectivity index (χ0) is 22.5. The lowest BCUT2D eigenvalue weighted by Gasteiger charge is -2.25. The lowest BCUT2D eigenvalue weighted by molar-refractivity contribution is 0.0976. The lowest BCUT2D eigenvalue weighted by Crippen LogP contribution is -2.34. The van der Waals surface area contributed by atoms with Crippen molar-refractivity contribution in [3.05, 3.63) is 77.8 Å². The molecule has 5 nitrogen and oxygen atoms in total. The number of nitrogens with zero attached hydrogens (tertiary/aromatic N) is 3. The third-order valence-corrected chi connectivity index (χ3v) is 5.99. The third kappa shape index (κ3) is 5.60. The van der Waals surface area contributed by atoms with Crippen LogP contribution < -0.4 is 4.74 Å². The highest BCUT2D eigenvalue weighted by molar-refractivity contribution is 6.30. The van der Waals surface area contributed by atoms with Gasteiger partial charge in [0.2, 0.25) is 5.88 Å². The van der Waals surface area contributed by atoms with E-state index in [4.69, 9.17) is 21.4 Å². The highest BCUT2D eigenvalue weighted by Crippen LogP contribution is 2.37. The summed E-state index contributed by atoms with van der Waals surface area (Å²) in [5.41, 5.74) is 2.98. The Hall–Kier alpha value is -2.60. The van der Waals surface area contributed by atoms with E-state index >= 15 is 0 Å². The number of hydrogen-bond acceptors (Lipinski definition) is 4. The molecule has 0 unspecified atom stereocenters. The summed E-state index contributed by atoms with van der Waals surface area (Å²) >= 11 is 6.05. The van der Waals surface area contributed by atoms with Crippen LogP contribution in [0, 0.1) is 0 Å². The second-order valence-corrected chi connectivity index (χ2v) is 8.79. The predicted octanol–water partition coefficient (Wildman–Crippen LogP) is 5.82. The van der Waals surface area contributed by atoms with Gasteiger partial charge in [-0.2, -0.15) is 5.10 Å². The second kappa shape index (κ2) is 10.3. The molecule has 0 aliphatic heterocycles. The Morgan fingerprint density at radius 2 is 1.94 bits per heavy atom. The van der Waals surface area contributed by atoms with Crippen LogP contribution in [0.1, 0.15) is 31.2 Å². The van der Waals surface area contributed by atoms with Gasteiger partial charge in [0.15, 0.2) is 0 Å². The van der Waals surface area contributed by atoms with Crippen LogP contribution in [-0.2, 0) is 13.6 Å². The summed E-state index contributed by atoms with van der Waals surface area (Å²) in [5.74, 6) is 1.42. The molecule has 0 bridgehead atoms. The van der Waals surface area contributed by atoms with E-state index in [-0.39, 0.29) is 6.10 Å². The van der Waals surface area contributed by atoms with E-state index in [1.807, 2.05) is 55.6 Å². The molecule has 1 N–H and O–H groups in total. The maximum Gasteiger partial charge on any atom is 0.222 e. The molecule has 3 aromatic rings. The summed E-state index contributed by atoms with van der Waals surface area (Å²) in [6, 6.07) is 18.0. The van der Waals surface area contributed by atoms with Crippen LogP contribution in [-0.4, -0.2) is 38.5 Å². The van der Waals surface area contributed by atoms with E-state index in [0.29, 0.717) is 35.8 Å². The minimum atomic E-state index is -0.383. The molecule has 2 aromatic carbocycles. The highest BCUT2D eigenvalue weighted by Gasteiger charge is 2.32. The van der Waals surface area contributed by atoms with E-state index < -0.39 is 0 Å². The molecule has 0 amide bonds. The smallest absolute Gasteiger partial charge is 0.222 e. The Kier molecular flexibility index (Phi) is 7.30. The summed E-state index contributed by atoms with van der Waals surface area (Å²) in [7, 11) is 1.90. The van der Waals surface area contributed by atoms with Crippen molar-refractivity contribution in [1.29, 1.82) is 0 Å². The van der Waals surface area contributed by atoms with Crippen molar-refractivity contribution in [3.8, 4) is 22.9 Å². The number of allylic oxidation sites excluding steroid dienone is 1. The Morgan fingerprint density at radius 3 is 2.59 bits per heavy atom. The van der Waals surface area contributed by atoms with Crippen molar-refractivity contribution in [2.24, 2.45) is 7.05 Å². The lowest BCUT2D eigenvalue weighted by atomic mass is 10.1. The van der Waals surface area contributed by atoms with Crippen molar-refractivity contribution < 1.29 is 9.84 Å². The minimum absolute atomic E-state index is 0.383. The maximum atomic E-state index is 10.6. The average molecular weight is 452 g/mol. The van der Waals surface area contributed by atoms with Gasteiger partial charge in [-0.15, -0.1) is 6.58 Å². The number of aliphatic hydroxyl groups excluding tert-OH is 1. The molecular formula is C26H30ClN3O2. The van der Waals surface area contributed by atoms with Gasteiger partial charge in [-0.25, -0.2) is 4.68 Å². The molecule has 0 radical (unpaired) electrons. The van der Waals surface area contributed by atoms with Gasteiger partial charge in [0, 0.05) is 36.8 Å². The largest absolute Gasteiger partial charge is 0.439 e. The minimum Gasteiger partial charge on any atom is -0.439 e. The van der Waals surface area contributed by atoms with Gasteiger partial charge in [0.05, 0.1) is 11.7 Å². The summed E-state index contributed by atoms with van der Waals surface area (Å²) < 4.78 is 8.10. The first-order valence-corrected chi connectivity index (χ1v) is 11.5. The Bertz CT molecular complexity index is 1030. The average Bonchev–Trinajstić information content (AvgIpc) is 3.60. The van der Waals surface area contributed by atoms with Gasteiger partial charge in [-0.05, 0) is 49.9 Å². The van der Waals surface area contributed by atoms with E-state index in [2.05, 4.69) is 23.6 Å². The standard InChI is InChI=1S/C26H30ClN3O2/c1-3-4-10-22(31)17-30(21-13-14-21)18-24-25(19-8-6-5-7-9-19)28-29(2)26(24)32-23-15-11-20(27)12-16-23/h3,5-9,11-12,15-16,21-22,31H,1,4,10,13-14,17-18H2,2H3/t22-/m0/s1. The fourth-order valence-electron chi connectivity index (χ4n) is 3.92. The molecule has 1 fully saturated rings. The van der Waals surface area contributed by atoms with Crippen molar-refractivity contribution >= 4 is 11.6 Å². The SMILES string of the molecule is C=CCC[C@H](O)CN(Cc1c(-c2ccccc2)nn(C)c1Oc1ccc(Cl)cc1)C1CC1. The van der Waals surface area contributed by atoms with Crippen LogP contribution in [0.15, 0.2) is 67.3 Å². The third-order valence-electron chi connectivity index (χ3n) is 5.74. The number of aromatic nitrogens is 2. The first-order valence-electron chi connectivity index (χ1n) is 11.1. The molecule has 1 atom stereocenters. The van der Waals surface area contributed by atoms with Crippen LogP contribution >= 0.6 is 11.6 Å². The van der Waals surface area contributed by atoms with E-state index in [0.717, 1.165) is 42.5 Å². The van der Waals surface area contributed by atoms with E-state index in [1.54, 1.807) is 4.68 Å². The van der Waals surface area contributed by atoms with Gasteiger partial charge < -0.3 is 9.84 Å². The fourth-order valence-corrected chi connectivity index (χ4v) is 4.05. The quantitative estimate of drug-likeness (QED) is 0.373. The number of aryl methyl sites for hydroxylation is 1. The Labute approximate surface area is 194 Å². The first-order chi connectivity index (χ1) is 15.5. The van der Waals surface area contributed by atoms with Crippen LogP contribution in [0.25, 0.3) is 11.3 Å². The molecule has 1 saturated carbocycles. The van der Waals surface area contributed by atoms with E-state index in [1.165, 1.54) is 0 Å². The Morgan fingerprint density at radius 1 is 1.22 bits per heavy atom. The summed E-state index contributed by atoms with van der Waals surface area (Å²) in [6.07, 6.45) is 5.32. The molecule has 1 aliphatic carbocycles. The summed E-state index contributed by atoms with van der Waals surface area (Å²) in [4.78, 5) is 2.37. The molecule has 1 aromatic heterocycles. The number of ether oxygens (including phenoxy) is 1. The van der Waals surface area contributed by atoms with Crippen molar-refractivity contribution in [2.45, 2.75) is 44.4 Å². The van der Waals surface area contributed by atoms with Crippen molar-refractivity contribution in [1.82, 2.24) is 14.7 Å². The fraction of sp³-hybridized carbons (Fsp3) is 0.346. The van der Waals surface area contributed by atoms with Crippen molar-refractivity contribution in [3.63, 3.8) is 0 Å². The highest BCUT2D eigenvalue weighted by atomic mass is 35.5. The van der Waals surface area contributed by atoms with Crippen LogP contribution in [0.5, 0.6) is 11.6 Å². The van der Waals surface area contributed by atoms with E-state index in [9.17, 15) is 5.11 Å². The molecule has 4 rings (SSSR count). The van der Waals surface area contributed by atoms with Gasteiger partial charge >= 0.3 is 0 Å². The topological polar surface area (TPSA) is 50.5 Å². The Balaban J connectivity index is 1.67.